The Morgan fingerprint density at radius 1 is 1.25 bits per heavy atom. The molecule has 0 amide bonds. The number of carboxylic acids is 1. The minimum absolute atomic E-state index is 0.158. The molecule has 0 unspecified atom stereocenters. The number of fused-ring (bicyclic) bond motifs is 1. The minimum atomic E-state index is -1.02. The second kappa shape index (κ2) is 9.26. The molecular formula is C23H20BrClN4O3. The van der Waals surface area contributed by atoms with E-state index in [1.807, 2.05) is 22.8 Å². The second-order valence-electron chi connectivity index (χ2n) is 7.39. The van der Waals surface area contributed by atoms with Crippen LogP contribution in [-0.2, 0) is 13.0 Å². The van der Waals surface area contributed by atoms with E-state index < -0.39 is 5.97 Å². The number of aryl methyl sites for hydroxylation is 1. The van der Waals surface area contributed by atoms with Gasteiger partial charge in [-0.2, -0.15) is 5.10 Å². The molecule has 0 spiro atoms. The zero-order chi connectivity index (χ0) is 22.8. The summed E-state index contributed by atoms with van der Waals surface area (Å²) < 4.78 is 4.08. The van der Waals surface area contributed by atoms with E-state index in [2.05, 4.69) is 32.9 Å². The zero-order valence-electron chi connectivity index (χ0n) is 17.3. The first-order chi connectivity index (χ1) is 15.4. The fraction of sp³-hybridized carbons (Fsp3) is 0.217. The number of nitrogens with zero attached hydrogens (tertiary/aromatic N) is 4. The Morgan fingerprint density at radius 3 is 2.75 bits per heavy atom. The van der Waals surface area contributed by atoms with Crippen LogP contribution in [0.15, 0.2) is 47.1 Å². The van der Waals surface area contributed by atoms with E-state index >= 15 is 0 Å². The number of unbranched alkanes of at least 4 members (excludes halogenated alkanes) is 1. The van der Waals surface area contributed by atoms with Crippen LogP contribution >= 0.6 is 27.5 Å². The van der Waals surface area contributed by atoms with Crippen molar-refractivity contribution < 1.29 is 14.7 Å². The highest BCUT2D eigenvalue weighted by Crippen LogP contribution is 2.30. The Hall–Kier alpha value is -2.97. The number of rotatable bonds is 8. The van der Waals surface area contributed by atoms with Crippen molar-refractivity contribution in [2.24, 2.45) is 0 Å². The lowest BCUT2D eigenvalue weighted by molar-refractivity contribution is 0.0696. The number of aromatic carboxylic acids is 1. The molecule has 0 radical (unpaired) electrons. The maximum absolute atomic E-state index is 11.6. The Balaban J connectivity index is 1.76. The largest absolute Gasteiger partial charge is 0.478 e. The van der Waals surface area contributed by atoms with Crippen molar-refractivity contribution in [1.29, 1.82) is 0 Å². The molecule has 0 saturated heterocycles. The molecule has 1 N–H and O–H groups in total. The van der Waals surface area contributed by atoms with E-state index in [0.717, 1.165) is 42.3 Å². The Kier molecular flexibility index (Phi) is 6.43. The van der Waals surface area contributed by atoms with Gasteiger partial charge >= 0.3 is 5.97 Å². The van der Waals surface area contributed by atoms with E-state index in [-0.39, 0.29) is 10.7 Å². The van der Waals surface area contributed by atoms with Crippen molar-refractivity contribution in [1.82, 2.24) is 19.3 Å². The molecule has 0 bridgehead atoms. The number of imidazole rings is 1. The summed E-state index contributed by atoms with van der Waals surface area (Å²) in [5.41, 5.74) is 2.65. The number of hydrogen-bond donors (Lipinski definition) is 1. The Labute approximate surface area is 197 Å². The topological polar surface area (TPSA) is 90.0 Å². The van der Waals surface area contributed by atoms with E-state index in [1.54, 1.807) is 28.9 Å². The first-order valence-electron chi connectivity index (χ1n) is 10.1. The highest BCUT2D eigenvalue weighted by molar-refractivity contribution is 9.10. The van der Waals surface area contributed by atoms with Gasteiger partial charge in [0, 0.05) is 18.4 Å². The lowest BCUT2D eigenvalue weighted by atomic mass is 10.1. The molecule has 0 aliphatic heterocycles. The molecule has 4 aromatic rings. The fourth-order valence-corrected chi connectivity index (χ4v) is 4.51. The average Bonchev–Trinajstić information content (AvgIpc) is 3.27. The van der Waals surface area contributed by atoms with Gasteiger partial charge in [0.25, 0.3) is 0 Å². The fourth-order valence-electron chi connectivity index (χ4n) is 3.68. The van der Waals surface area contributed by atoms with E-state index in [1.165, 1.54) is 0 Å². The molecule has 2 aromatic heterocycles. The molecule has 0 atom stereocenters. The molecule has 0 aliphatic rings. The maximum atomic E-state index is 11.6. The molecule has 0 fully saturated rings. The molecule has 7 nitrogen and oxygen atoms in total. The standard InChI is InChI=1S/C23H20BrClN4O3/c1-2-3-8-20-26-22(25)19(13-30)28(20)12-14-9-10-17-16(11-14)21(24)29(27-17)18-7-5-4-6-15(18)23(31)32/h4-7,9-11,13H,2-3,8,12H2,1H3,(H,31,32). The highest BCUT2D eigenvalue weighted by atomic mass is 79.9. The van der Waals surface area contributed by atoms with Crippen LogP contribution in [0.1, 0.15) is 52.0 Å². The van der Waals surface area contributed by atoms with Crippen LogP contribution in [0.5, 0.6) is 0 Å². The van der Waals surface area contributed by atoms with E-state index in [0.29, 0.717) is 28.0 Å². The molecule has 164 valence electrons. The van der Waals surface area contributed by atoms with Crippen LogP contribution in [-0.4, -0.2) is 36.7 Å². The van der Waals surface area contributed by atoms with Gasteiger partial charge in [-0.1, -0.05) is 43.1 Å². The van der Waals surface area contributed by atoms with Crippen molar-refractivity contribution in [3.8, 4) is 5.69 Å². The number of carbonyl (C=O) groups is 2. The predicted molar refractivity (Wildman–Crippen MR) is 126 cm³/mol. The molecule has 2 heterocycles. The number of carboxylic acid groups (broad SMARTS) is 1. The molecule has 4 rings (SSSR count). The maximum Gasteiger partial charge on any atom is 0.337 e. The molecule has 2 aromatic carbocycles. The second-order valence-corrected chi connectivity index (χ2v) is 8.50. The first-order valence-corrected chi connectivity index (χ1v) is 11.3. The van der Waals surface area contributed by atoms with Gasteiger partial charge in [0.05, 0.1) is 16.8 Å². The smallest absolute Gasteiger partial charge is 0.337 e. The van der Waals surface area contributed by atoms with Gasteiger partial charge < -0.3 is 9.67 Å². The van der Waals surface area contributed by atoms with Crippen LogP contribution in [0.3, 0.4) is 0 Å². The van der Waals surface area contributed by atoms with Crippen molar-refractivity contribution >= 4 is 50.7 Å². The van der Waals surface area contributed by atoms with Crippen molar-refractivity contribution in [2.75, 3.05) is 0 Å². The van der Waals surface area contributed by atoms with Gasteiger partial charge in [0.1, 0.15) is 16.1 Å². The average molecular weight is 516 g/mol. The summed E-state index contributed by atoms with van der Waals surface area (Å²) >= 11 is 9.78. The van der Waals surface area contributed by atoms with Crippen molar-refractivity contribution in [3.05, 3.63) is 74.9 Å². The van der Waals surface area contributed by atoms with Crippen molar-refractivity contribution in [3.63, 3.8) is 0 Å². The summed E-state index contributed by atoms with van der Waals surface area (Å²) in [6.45, 7) is 2.53. The summed E-state index contributed by atoms with van der Waals surface area (Å²) in [5.74, 6) is -0.241. The summed E-state index contributed by atoms with van der Waals surface area (Å²) in [5, 5.41) is 15.2. The number of para-hydroxylation sites is 1. The van der Waals surface area contributed by atoms with Gasteiger partial charge in [-0.3, -0.25) is 4.79 Å². The Bertz CT molecular complexity index is 1330. The lowest BCUT2D eigenvalue weighted by Gasteiger charge is -2.10. The highest BCUT2D eigenvalue weighted by Gasteiger charge is 2.18. The van der Waals surface area contributed by atoms with E-state index in [4.69, 9.17) is 11.6 Å². The normalized spacial score (nSPS) is 11.2. The molecule has 0 saturated carbocycles. The quantitative estimate of drug-likeness (QED) is 0.311. The van der Waals surface area contributed by atoms with Crippen LogP contribution in [0, 0.1) is 0 Å². The number of benzene rings is 2. The third kappa shape index (κ3) is 4.08. The monoisotopic (exact) mass is 514 g/mol. The third-order valence-electron chi connectivity index (χ3n) is 5.29. The summed E-state index contributed by atoms with van der Waals surface area (Å²) in [4.78, 5) is 27.6. The van der Waals surface area contributed by atoms with Crippen LogP contribution in [0.2, 0.25) is 5.15 Å². The number of halogens is 2. The number of aldehydes is 1. The van der Waals surface area contributed by atoms with Crippen LogP contribution in [0.4, 0.5) is 0 Å². The van der Waals surface area contributed by atoms with Gasteiger partial charge in [0.2, 0.25) is 0 Å². The summed E-state index contributed by atoms with van der Waals surface area (Å²) in [7, 11) is 0. The van der Waals surface area contributed by atoms with Crippen LogP contribution < -0.4 is 0 Å². The predicted octanol–water partition coefficient (Wildman–Crippen LogP) is 5.54. The molecule has 0 aliphatic carbocycles. The van der Waals surface area contributed by atoms with E-state index in [9.17, 15) is 14.7 Å². The van der Waals surface area contributed by atoms with Crippen LogP contribution in [0.25, 0.3) is 16.6 Å². The molecular weight excluding hydrogens is 496 g/mol. The summed E-state index contributed by atoms with van der Waals surface area (Å²) in [6.07, 6.45) is 3.43. The van der Waals surface area contributed by atoms with Gasteiger partial charge in [-0.15, -0.1) is 0 Å². The number of carbonyl (C=O) groups excluding carboxylic acids is 1. The first kappa shape index (κ1) is 22.2. The zero-order valence-corrected chi connectivity index (χ0v) is 19.6. The Morgan fingerprint density at radius 2 is 2.03 bits per heavy atom. The third-order valence-corrected chi connectivity index (χ3v) is 6.33. The molecule has 32 heavy (non-hydrogen) atoms. The number of aromatic nitrogens is 4. The van der Waals surface area contributed by atoms with Crippen molar-refractivity contribution in [2.45, 2.75) is 32.7 Å². The van der Waals surface area contributed by atoms with Gasteiger partial charge in [-0.25, -0.2) is 14.5 Å². The SMILES string of the molecule is CCCCc1nc(Cl)c(C=O)n1Cc1ccc2nn(-c3ccccc3C(=O)O)c(Br)c2c1. The van der Waals surface area contributed by atoms with Gasteiger partial charge in [-0.05, 0) is 52.2 Å². The number of hydrogen-bond acceptors (Lipinski definition) is 4. The van der Waals surface area contributed by atoms with Gasteiger partial charge in [0.15, 0.2) is 11.4 Å². The lowest BCUT2D eigenvalue weighted by Crippen LogP contribution is -2.08. The molecule has 9 heteroatoms. The summed E-state index contributed by atoms with van der Waals surface area (Å²) in [6, 6.07) is 12.5. The minimum Gasteiger partial charge on any atom is -0.478 e.